The summed E-state index contributed by atoms with van der Waals surface area (Å²) in [7, 11) is 0. The van der Waals surface area contributed by atoms with Crippen LogP contribution in [0.5, 0.6) is 0 Å². The average Bonchev–Trinajstić information content (AvgIpc) is 2.56. The number of thiocarbonyl (C=S) groups is 1. The Kier molecular flexibility index (Phi) is 5.35. The van der Waals surface area contributed by atoms with Crippen LogP contribution in [-0.4, -0.2) is 41.2 Å². The lowest BCUT2D eigenvalue weighted by atomic mass is 10.1. The van der Waals surface area contributed by atoms with Crippen LogP contribution in [0.1, 0.15) is 40.5 Å². The SMILES string of the molecule is CCN(CC1CCC(C)(C)O1)CC(C)C(N)=S. The van der Waals surface area contributed by atoms with E-state index in [-0.39, 0.29) is 11.5 Å². The minimum atomic E-state index is 0.0544. The third-order valence-electron chi connectivity index (χ3n) is 3.48. The van der Waals surface area contributed by atoms with Gasteiger partial charge in [0.05, 0.1) is 16.7 Å². The molecule has 4 heteroatoms. The van der Waals surface area contributed by atoms with Crippen molar-refractivity contribution >= 4 is 17.2 Å². The van der Waals surface area contributed by atoms with Gasteiger partial charge in [-0.3, -0.25) is 0 Å². The monoisotopic (exact) mass is 258 g/mol. The predicted molar refractivity (Wildman–Crippen MR) is 76.2 cm³/mol. The van der Waals surface area contributed by atoms with Gasteiger partial charge in [-0.05, 0) is 33.2 Å². The Hall–Kier alpha value is -0.190. The van der Waals surface area contributed by atoms with Crippen molar-refractivity contribution in [1.29, 1.82) is 0 Å². The second-order valence-corrected chi connectivity index (χ2v) is 6.17. The van der Waals surface area contributed by atoms with E-state index in [0.717, 1.165) is 32.5 Å². The van der Waals surface area contributed by atoms with Gasteiger partial charge in [0.1, 0.15) is 0 Å². The van der Waals surface area contributed by atoms with E-state index in [1.807, 2.05) is 0 Å². The Labute approximate surface area is 111 Å². The number of ether oxygens (including phenoxy) is 1. The Balaban J connectivity index is 2.40. The topological polar surface area (TPSA) is 38.5 Å². The van der Waals surface area contributed by atoms with Crippen LogP contribution in [0.15, 0.2) is 0 Å². The van der Waals surface area contributed by atoms with Crippen molar-refractivity contribution in [2.24, 2.45) is 11.7 Å². The molecule has 0 saturated carbocycles. The molecule has 1 aliphatic heterocycles. The molecule has 1 fully saturated rings. The lowest BCUT2D eigenvalue weighted by Crippen LogP contribution is -2.39. The maximum absolute atomic E-state index is 6.02. The minimum Gasteiger partial charge on any atom is -0.393 e. The molecule has 1 saturated heterocycles. The number of hydrogen-bond donors (Lipinski definition) is 1. The fourth-order valence-corrected chi connectivity index (χ4v) is 2.38. The molecule has 3 nitrogen and oxygen atoms in total. The van der Waals surface area contributed by atoms with Crippen molar-refractivity contribution in [1.82, 2.24) is 4.90 Å². The van der Waals surface area contributed by atoms with Gasteiger partial charge in [-0.2, -0.15) is 0 Å². The lowest BCUT2D eigenvalue weighted by Gasteiger charge is -2.27. The maximum atomic E-state index is 6.02. The Bertz CT molecular complexity index is 268. The van der Waals surface area contributed by atoms with E-state index in [0.29, 0.717) is 11.1 Å². The quantitative estimate of drug-likeness (QED) is 0.741. The van der Waals surface area contributed by atoms with Crippen molar-refractivity contribution in [3.63, 3.8) is 0 Å². The molecule has 2 atom stereocenters. The van der Waals surface area contributed by atoms with Crippen LogP contribution in [-0.2, 0) is 4.74 Å². The van der Waals surface area contributed by atoms with E-state index in [1.165, 1.54) is 0 Å². The van der Waals surface area contributed by atoms with Crippen LogP contribution < -0.4 is 5.73 Å². The molecule has 0 spiro atoms. The molecule has 0 amide bonds. The third kappa shape index (κ3) is 4.90. The molecule has 0 aromatic rings. The summed E-state index contributed by atoms with van der Waals surface area (Å²) in [6, 6.07) is 0. The fourth-order valence-electron chi connectivity index (χ4n) is 2.30. The largest absolute Gasteiger partial charge is 0.393 e. The van der Waals surface area contributed by atoms with Gasteiger partial charge in [0, 0.05) is 19.0 Å². The van der Waals surface area contributed by atoms with Crippen LogP contribution in [0.25, 0.3) is 0 Å². The average molecular weight is 258 g/mol. The van der Waals surface area contributed by atoms with Gasteiger partial charge < -0.3 is 15.4 Å². The summed E-state index contributed by atoms with van der Waals surface area (Å²) in [6.45, 7) is 11.5. The molecule has 100 valence electrons. The molecular formula is C13H26N2OS. The number of likely N-dealkylation sites (N-methyl/N-ethyl adjacent to an activating group) is 1. The summed E-state index contributed by atoms with van der Waals surface area (Å²) in [5.41, 5.74) is 5.72. The van der Waals surface area contributed by atoms with Gasteiger partial charge in [0.25, 0.3) is 0 Å². The second kappa shape index (κ2) is 6.12. The first-order valence-corrected chi connectivity index (χ1v) is 6.94. The highest BCUT2D eigenvalue weighted by atomic mass is 32.1. The van der Waals surface area contributed by atoms with Gasteiger partial charge in [-0.15, -0.1) is 0 Å². The zero-order chi connectivity index (χ0) is 13.1. The summed E-state index contributed by atoms with van der Waals surface area (Å²) in [5.74, 6) is 0.277. The van der Waals surface area contributed by atoms with E-state index in [9.17, 15) is 0 Å². The first-order valence-electron chi connectivity index (χ1n) is 6.53. The smallest absolute Gasteiger partial charge is 0.0768 e. The first kappa shape index (κ1) is 14.9. The summed E-state index contributed by atoms with van der Waals surface area (Å²) in [6.07, 6.45) is 2.67. The lowest BCUT2D eigenvalue weighted by molar-refractivity contribution is -0.0286. The van der Waals surface area contributed by atoms with Gasteiger partial charge in [-0.25, -0.2) is 0 Å². The van der Waals surface area contributed by atoms with Gasteiger partial charge in [0.2, 0.25) is 0 Å². The zero-order valence-electron chi connectivity index (χ0n) is 11.5. The molecule has 0 bridgehead atoms. The molecular weight excluding hydrogens is 232 g/mol. The minimum absolute atomic E-state index is 0.0544. The van der Waals surface area contributed by atoms with Gasteiger partial charge in [-0.1, -0.05) is 26.1 Å². The molecule has 2 N–H and O–H groups in total. The van der Waals surface area contributed by atoms with Crippen LogP contribution >= 0.6 is 12.2 Å². The van der Waals surface area contributed by atoms with E-state index in [4.69, 9.17) is 22.7 Å². The summed E-state index contributed by atoms with van der Waals surface area (Å²) in [4.78, 5) is 2.99. The Morgan fingerprint density at radius 1 is 1.59 bits per heavy atom. The van der Waals surface area contributed by atoms with Crippen LogP contribution in [0, 0.1) is 5.92 Å². The van der Waals surface area contributed by atoms with Crippen molar-refractivity contribution in [2.75, 3.05) is 19.6 Å². The van der Waals surface area contributed by atoms with E-state index in [1.54, 1.807) is 0 Å². The zero-order valence-corrected chi connectivity index (χ0v) is 12.3. The second-order valence-electron chi connectivity index (χ2n) is 5.69. The van der Waals surface area contributed by atoms with Gasteiger partial charge >= 0.3 is 0 Å². The summed E-state index contributed by atoms with van der Waals surface area (Å²) >= 11 is 5.02. The Morgan fingerprint density at radius 3 is 2.65 bits per heavy atom. The predicted octanol–water partition coefficient (Wildman–Crippen LogP) is 2.19. The molecule has 1 heterocycles. The maximum Gasteiger partial charge on any atom is 0.0768 e. The number of rotatable bonds is 6. The standard InChI is InChI=1S/C13H26N2OS/c1-5-15(8-10(2)12(14)17)9-11-6-7-13(3,4)16-11/h10-11H,5-9H2,1-4H3,(H2,14,17). The van der Waals surface area contributed by atoms with E-state index < -0.39 is 0 Å². The summed E-state index contributed by atoms with van der Waals surface area (Å²) < 4.78 is 6.02. The number of hydrogen-bond acceptors (Lipinski definition) is 3. The molecule has 1 aliphatic rings. The highest BCUT2D eigenvalue weighted by molar-refractivity contribution is 7.80. The molecule has 0 aromatic heterocycles. The van der Waals surface area contributed by atoms with Gasteiger partial charge in [0.15, 0.2) is 0 Å². The fraction of sp³-hybridized carbons (Fsp3) is 0.923. The molecule has 0 aliphatic carbocycles. The van der Waals surface area contributed by atoms with Crippen LogP contribution in [0.3, 0.4) is 0 Å². The summed E-state index contributed by atoms with van der Waals surface area (Å²) in [5, 5.41) is 0. The highest BCUT2D eigenvalue weighted by Gasteiger charge is 2.32. The number of nitrogens with zero attached hydrogens (tertiary/aromatic N) is 1. The third-order valence-corrected chi connectivity index (χ3v) is 3.88. The molecule has 1 rings (SSSR count). The molecule has 0 aromatic carbocycles. The van der Waals surface area contributed by atoms with Crippen LogP contribution in [0.2, 0.25) is 0 Å². The van der Waals surface area contributed by atoms with Crippen molar-refractivity contribution in [2.45, 2.75) is 52.2 Å². The van der Waals surface area contributed by atoms with Crippen LogP contribution in [0.4, 0.5) is 0 Å². The molecule has 0 radical (unpaired) electrons. The highest BCUT2D eigenvalue weighted by Crippen LogP contribution is 2.29. The first-order chi connectivity index (χ1) is 7.84. The molecule has 2 unspecified atom stereocenters. The molecule has 17 heavy (non-hydrogen) atoms. The van der Waals surface area contributed by atoms with Crippen molar-refractivity contribution < 1.29 is 4.74 Å². The normalized spacial score (nSPS) is 25.1. The van der Waals surface area contributed by atoms with E-state index >= 15 is 0 Å². The van der Waals surface area contributed by atoms with E-state index in [2.05, 4.69) is 32.6 Å². The van der Waals surface area contributed by atoms with Crippen molar-refractivity contribution in [3.05, 3.63) is 0 Å². The Morgan fingerprint density at radius 2 is 2.24 bits per heavy atom. The number of nitrogens with two attached hydrogens (primary N) is 1. The van der Waals surface area contributed by atoms with Crippen molar-refractivity contribution in [3.8, 4) is 0 Å².